The molecule has 0 aliphatic heterocycles. The standard InChI is InChI=1S/C20H20BrClN2O4/c1-13-16(11-10-15(21)20(13)22)24-18(26)12-28-19(27)9-5-8-17(25)23-14-6-3-2-4-7-14/h2-4,6-7,10-11H,5,8-9,12H2,1H3,(H,23,25)(H,24,26). The summed E-state index contributed by atoms with van der Waals surface area (Å²) in [5.41, 5.74) is 1.96. The lowest BCUT2D eigenvalue weighted by Gasteiger charge is -2.11. The molecule has 0 radical (unpaired) electrons. The van der Waals surface area contributed by atoms with Gasteiger partial charge in [0.2, 0.25) is 5.91 Å². The normalized spacial score (nSPS) is 10.2. The van der Waals surface area contributed by atoms with Crippen molar-refractivity contribution in [3.05, 3.63) is 57.5 Å². The van der Waals surface area contributed by atoms with Crippen LogP contribution in [-0.4, -0.2) is 24.4 Å². The van der Waals surface area contributed by atoms with E-state index in [4.69, 9.17) is 16.3 Å². The van der Waals surface area contributed by atoms with E-state index < -0.39 is 18.5 Å². The van der Waals surface area contributed by atoms with Gasteiger partial charge < -0.3 is 15.4 Å². The second-order valence-corrected chi connectivity index (χ2v) is 7.24. The molecule has 8 heteroatoms. The van der Waals surface area contributed by atoms with Crippen molar-refractivity contribution in [1.29, 1.82) is 0 Å². The predicted octanol–water partition coefficient (Wildman–Crippen LogP) is 4.70. The first kappa shape index (κ1) is 21.9. The Morgan fingerprint density at radius 1 is 1.00 bits per heavy atom. The Bertz CT molecular complexity index is 859. The highest BCUT2D eigenvalue weighted by Crippen LogP contribution is 2.30. The van der Waals surface area contributed by atoms with Gasteiger partial charge in [0.15, 0.2) is 6.61 Å². The van der Waals surface area contributed by atoms with Crippen LogP contribution >= 0.6 is 27.5 Å². The van der Waals surface area contributed by atoms with E-state index in [1.165, 1.54) is 0 Å². The zero-order valence-corrected chi connectivity index (χ0v) is 17.6. The van der Waals surface area contributed by atoms with E-state index in [1.807, 2.05) is 18.2 Å². The minimum absolute atomic E-state index is 0.0542. The summed E-state index contributed by atoms with van der Waals surface area (Å²) in [7, 11) is 0. The molecule has 0 bridgehead atoms. The summed E-state index contributed by atoms with van der Waals surface area (Å²) in [4.78, 5) is 35.5. The Morgan fingerprint density at radius 3 is 2.43 bits per heavy atom. The van der Waals surface area contributed by atoms with Crippen molar-refractivity contribution < 1.29 is 19.1 Å². The number of halogens is 2. The first-order chi connectivity index (χ1) is 13.4. The Kier molecular flexibility index (Phi) is 8.47. The number of anilines is 2. The van der Waals surface area contributed by atoms with E-state index >= 15 is 0 Å². The number of para-hydroxylation sites is 1. The summed E-state index contributed by atoms with van der Waals surface area (Å²) in [5, 5.41) is 5.89. The van der Waals surface area contributed by atoms with Crippen molar-refractivity contribution in [3.63, 3.8) is 0 Å². The van der Waals surface area contributed by atoms with Crippen LogP contribution in [0.2, 0.25) is 5.02 Å². The Morgan fingerprint density at radius 2 is 1.71 bits per heavy atom. The van der Waals surface area contributed by atoms with Crippen LogP contribution in [0.5, 0.6) is 0 Å². The van der Waals surface area contributed by atoms with Gasteiger partial charge in [-0.25, -0.2) is 0 Å². The number of amides is 2. The second kappa shape index (κ2) is 10.8. The topological polar surface area (TPSA) is 84.5 Å². The second-order valence-electron chi connectivity index (χ2n) is 6.01. The number of nitrogens with one attached hydrogen (secondary N) is 2. The Balaban J connectivity index is 1.67. The predicted molar refractivity (Wildman–Crippen MR) is 112 cm³/mol. The third-order valence-corrected chi connectivity index (χ3v) is 5.20. The molecular weight excluding hydrogens is 448 g/mol. The largest absolute Gasteiger partial charge is 0.456 e. The molecule has 2 aromatic carbocycles. The number of hydrogen-bond acceptors (Lipinski definition) is 4. The van der Waals surface area contributed by atoms with E-state index in [2.05, 4.69) is 26.6 Å². The summed E-state index contributed by atoms with van der Waals surface area (Å²) in [6.45, 7) is 1.37. The minimum atomic E-state index is -0.534. The molecule has 2 N–H and O–H groups in total. The summed E-state index contributed by atoms with van der Waals surface area (Å²) < 4.78 is 5.67. The van der Waals surface area contributed by atoms with Crippen LogP contribution in [0.25, 0.3) is 0 Å². The van der Waals surface area contributed by atoms with Crippen molar-refractivity contribution in [2.75, 3.05) is 17.2 Å². The van der Waals surface area contributed by atoms with Crippen LogP contribution in [-0.2, 0) is 19.1 Å². The first-order valence-electron chi connectivity index (χ1n) is 8.62. The molecule has 0 saturated carbocycles. The zero-order chi connectivity index (χ0) is 20.5. The molecule has 2 aromatic rings. The highest BCUT2D eigenvalue weighted by atomic mass is 79.9. The van der Waals surface area contributed by atoms with Gasteiger partial charge in [-0.05, 0) is 59.1 Å². The number of ether oxygens (including phenoxy) is 1. The summed E-state index contributed by atoms with van der Waals surface area (Å²) in [6, 6.07) is 12.5. The fraction of sp³-hybridized carbons (Fsp3) is 0.250. The number of hydrogen-bond donors (Lipinski definition) is 2. The molecule has 6 nitrogen and oxygen atoms in total. The van der Waals surface area contributed by atoms with Crippen molar-refractivity contribution in [2.45, 2.75) is 26.2 Å². The fourth-order valence-corrected chi connectivity index (χ4v) is 2.92. The van der Waals surface area contributed by atoms with Gasteiger partial charge in [0, 0.05) is 28.7 Å². The summed E-state index contributed by atoms with van der Waals surface area (Å²) in [5.74, 6) is -1.18. The molecular formula is C20H20BrClN2O4. The Hall–Kier alpha value is -2.38. The van der Waals surface area contributed by atoms with E-state index in [1.54, 1.807) is 31.2 Å². The van der Waals surface area contributed by atoms with Crippen molar-refractivity contribution >= 4 is 56.7 Å². The third-order valence-electron chi connectivity index (χ3n) is 3.82. The monoisotopic (exact) mass is 466 g/mol. The molecule has 0 spiro atoms. The van der Waals surface area contributed by atoms with Crippen molar-refractivity contribution in [1.82, 2.24) is 0 Å². The van der Waals surface area contributed by atoms with Gasteiger partial charge in [0.25, 0.3) is 5.91 Å². The van der Waals surface area contributed by atoms with Crippen molar-refractivity contribution in [2.24, 2.45) is 0 Å². The lowest BCUT2D eigenvalue weighted by atomic mass is 10.2. The van der Waals surface area contributed by atoms with Crippen LogP contribution in [0.3, 0.4) is 0 Å². The molecule has 2 rings (SSSR count). The molecule has 0 atom stereocenters. The lowest BCUT2D eigenvalue weighted by molar-refractivity contribution is -0.147. The van der Waals surface area contributed by atoms with E-state index in [-0.39, 0.29) is 18.7 Å². The van der Waals surface area contributed by atoms with Gasteiger partial charge in [-0.15, -0.1) is 0 Å². The van der Waals surface area contributed by atoms with Gasteiger partial charge in [-0.2, -0.15) is 0 Å². The maximum atomic E-state index is 11.9. The molecule has 0 aliphatic rings. The lowest BCUT2D eigenvalue weighted by Crippen LogP contribution is -2.21. The zero-order valence-electron chi connectivity index (χ0n) is 15.3. The number of rotatable bonds is 8. The number of esters is 1. The van der Waals surface area contributed by atoms with Gasteiger partial charge in [0.05, 0.1) is 5.02 Å². The first-order valence-corrected chi connectivity index (χ1v) is 9.79. The number of carbonyl (C=O) groups excluding carboxylic acids is 3. The van der Waals surface area contributed by atoms with Crippen LogP contribution in [0.15, 0.2) is 46.9 Å². The Labute approximate surface area is 176 Å². The molecule has 0 fully saturated rings. The highest BCUT2D eigenvalue weighted by Gasteiger charge is 2.12. The van der Waals surface area contributed by atoms with Crippen LogP contribution in [0, 0.1) is 6.92 Å². The molecule has 2 amide bonds. The van der Waals surface area contributed by atoms with E-state index in [9.17, 15) is 14.4 Å². The quantitative estimate of drug-likeness (QED) is 0.551. The maximum Gasteiger partial charge on any atom is 0.306 e. The molecule has 0 heterocycles. The molecule has 0 aliphatic carbocycles. The SMILES string of the molecule is Cc1c(NC(=O)COC(=O)CCCC(=O)Nc2ccccc2)ccc(Br)c1Cl. The highest BCUT2D eigenvalue weighted by molar-refractivity contribution is 9.10. The smallest absolute Gasteiger partial charge is 0.306 e. The summed E-state index contributed by atoms with van der Waals surface area (Å²) >= 11 is 9.42. The van der Waals surface area contributed by atoms with Crippen LogP contribution in [0.4, 0.5) is 11.4 Å². The maximum absolute atomic E-state index is 11.9. The van der Waals surface area contributed by atoms with E-state index in [0.29, 0.717) is 28.4 Å². The third kappa shape index (κ3) is 6.98. The number of carbonyl (C=O) groups is 3. The average Bonchev–Trinajstić information content (AvgIpc) is 2.67. The summed E-state index contributed by atoms with van der Waals surface area (Å²) in [6.07, 6.45) is 0.575. The van der Waals surface area contributed by atoms with Gasteiger partial charge >= 0.3 is 5.97 Å². The number of benzene rings is 2. The van der Waals surface area contributed by atoms with Gasteiger partial charge in [-0.1, -0.05) is 29.8 Å². The van der Waals surface area contributed by atoms with Gasteiger partial charge in [-0.3, -0.25) is 14.4 Å². The van der Waals surface area contributed by atoms with Crippen LogP contribution in [0.1, 0.15) is 24.8 Å². The van der Waals surface area contributed by atoms with E-state index in [0.717, 1.165) is 4.47 Å². The van der Waals surface area contributed by atoms with Crippen LogP contribution < -0.4 is 10.6 Å². The van der Waals surface area contributed by atoms with Gasteiger partial charge in [0.1, 0.15) is 0 Å². The molecule has 28 heavy (non-hydrogen) atoms. The molecule has 148 valence electrons. The molecule has 0 aromatic heterocycles. The average molecular weight is 468 g/mol. The van der Waals surface area contributed by atoms with Crippen molar-refractivity contribution in [3.8, 4) is 0 Å². The molecule has 0 unspecified atom stereocenters. The molecule has 0 saturated heterocycles. The minimum Gasteiger partial charge on any atom is -0.456 e. The fourth-order valence-electron chi connectivity index (χ4n) is 2.33.